The lowest BCUT2D eigenvalue weighted by atomic mass is 9.89. The molecule has 3 atom stereocenters. The molecule has 1 aliphatic carbocycles. The highest BCUT2D eigenvalue weighted by molar-refractivity contribution is 7.88. The van der Waals surface area contributed by atoms with Crippen molar-refractivity contribution in [3.8, 4) is 0 Å². The van der Waals surface area contributed by atoms with E-state index < -0.39 is 10.0 Å². The number of carbonyl (C=O) groups excluding carboxylic acids is 1. The number of rotatable bonds is 6. The highest BCUT2D eigenvalue weighted by Crippen LogP contribution is 2.31. The summed E-state index contributed by atoms with van der Waals surface area (Å²) in [5, 5.41) is 0. The highest BCUT2D eigenvalue weighted by atomic mass is 32.2. The van der Waals surface area contributed by atoms with Crippen LogP contribution in [0, 0.1) is 5.92 Å². The Bertz CT molecular complexity index is 848. The third-order valence-electron chi connectivity index (χ3n) is 5.18. The molecule has 3 rings (SSSR count). The van der Waals surface area contributed by atoms with E-state index in [0.29, 0.717) is 26.0 Å². The van der Waals surface area contributed by atoms with Crippen molar-refractivity contribution in [2.75, 3.05) is 19.4 Å². The average Bonchev–Trinajstić information content (AvgIpc) is 3.11. The Morgan fingerprint density at radius 1 is 1.29 bits per heavy atom. The molecule has 0 bridgehead atoms. The largest absolute Gasteiger partial charge is 0.450 e. The minimum atomic E-state index is -3.37. The first-order chi connectivity index (χ1) is 13.4. The van der Waals surface area contributed by atoms with Crippen molar-refractivity contribution in [2.24, 2.45) is 5.92 Å². The van der Waals surface area contributed by atoms with Crippen LogP contribution < -0.4 is 4.72 Å². The summed E-state index contributed by atoms with van der Waals surface area (Å²) in [4.78, 5) is 14.2. The number of amides is 1. The summed E-state index contributed by atoms with van der Waals surface area (Å²) in [6, 6.07) is 9.58. The minimum Gasteiger partial charge on any atom is -0.450 e. The zero-order chi connectivity index (χ0) is 20.1. The lowest BCUT2D eigenvalue weighted by Gasteiger charge is -2.41. The van der Waals surface area contributed by atoms with Gasteiger partial charge in [-0.05, 0) is 43.2 Å². The van der Waals surface area contributed by atoms with Gasteiger partial charge in [0, 0.05) is 12.6 Å². The van der Waals surface area contributed by atoms with Gasteiger partial charge in [0.1, 0.15) is 0 Å². The first-order valence-corrected chi connectivity index (χ1v) is 11.6. The molecule has 1 aliphatic heterocycles. The maximum atomic E-state index is 12.5. The fourth-order valence-electron chi connectivity index (χ4n) is 4.01. The zero-order valence-corrected chi connectivity index (χ0v) is 17.2. The number of nitrogens with zero attached hydrogens (tertiary/aromatic N) is 1. The third kappa shape index (κ3) is 5.23. The van der Waals surface area contributed by atoms with Crippen molar-refractivity contribution in [1.29, 1.82) is 0 Å². The van der Waals surface area contributed by atoms with Crippen molar-refractivity contribution >= 4 is 21.7 Å². The number of allylic oxidation sites excluding steroid dienone is 4. The Morgan fingerprint density at radius 2 is 2.04 bits per heavy atom. The van der Waals surface area contributed by atoms with E-state index in [2.05, 4.69) is 35.1 Å². The van der Waals surface area contributed by atoms with Gasteiger partial charge >= 0.3 is 6.09 Å². The molecule has 0 saturated carbocycles. The molecule has 1 fully saturated rings. The molecule has 2 aliphatic rings. The molecule has 7 heteroatoms. The summed E-state index contributed by atoms with van der Waals surface area (Å²) < 4.78 is 31.7. The smallest absolute Gasteiger partial charge is 0.410 e. The van der Waals surface area contributed by atoms with E-state index in [4.69, 9.17) is 4.74 Å². The van der Waals surface area contributed by atoms with Crippen LogP contribution >= 0.6 is 0 Å². The summed E-state index contributed by atoms with van der Waals surface area (Å²) in [5.74, 6) is 0.138. The van der Waals surface area contributed by atoms with Crippen LogP contribution in [0.15, 0.2) is 48.6 Å². The van der Waals surface area contributed by atoms with Crippen molar-refractivity contribution in [2.45, 2.75) is 38.3 Å². The number of nitrogens with one attached hydrogen (secondary N) is 1. The van der Waals surface area contributed by atoms with Crippen molar-refractivity contribution in [1.82, 2.24) is 9.62 Å². The second-order valence-electron chi connectivity index (χ2n) is 7.35. The molecule has 0 spiro atoms. The lowest BCUT2D eigenvalue weighted by Crippen LogP contribution is -2.57. The van der Waals surface area contributed by atoms with Crippen LogP contribution in [0.2, 0.25) is 0 Å². The monoisotopic (exact) mass is 404 g/mol. The minimum absolute atomic E-state index is 0.138. The van der Waals surface area contributed by atoms with Crippen LogP contribution in [0.1, 0.15) is 31.7 Å². The van der Waals surface area contributed by atoms with Gasteiger partial charge in [-0.2, -0.15) is 0 Å². The normalized spacial score (nSPS) is 24.9. The maximum absolute atomic E-state index is 12.5. The van der Waals surface area contributed by atoms with Crippen LogP contribution in [0.3, 0.4) is 0 Å². The summed E-state index contributed by atoms with van der Waals surface area (Å²) in [6.45, 7) is 2.66. The fraction of sp³-hybridized carbons (Fsp3) is 0.476. The molecule has 3 unspecified atom stereocenters. The van der Waals surface area contributed by atoms with E-state index in [9.17, 15) is 13.2 Å². The summed E-state index contributed by atoms with van der Waals surface area (Å²) in [7, 11) is -3.37. The van der Waals surface area contributed by atoms with Gasteiger partial charge in [-0.15, -0.1) is 0 Å². The van der Waals surface area contributed by atoms with Crippen molar-refractivity contribution in [3.63, 3.8) is 0 Å². The van der Waals surface area contributed by atoms with Gasteiger partial charge in [0.05, 0.1) is 18.9 Å². The van der Waals surface area contributed by atoms with E-state index in [-0.39, 0.29) is 24.1 Å². The number of likely N-dealkylation sites (tertiary alicyclic amines) is 1. The van der Waals surface area contributed by atoms with Gasteiger partial charge in [0.15, 0.2) is 0 Å². The molecular formula is C21H28N2O4S. The van der Waals surface area contributed by atoms with Gasteiger partial charge in [0.25, 0.3) is 0 Å². The predicted octanol–water partition coefficient (Wildman–Crippen LogP) is 3.18. The fourth-order valence-corrected chi connectivity index (χ4v) is 4.84. The molecule has 152 valence electrons. The zero-order valence-electron chi connectivity index (χ0n) is 16.4. The molecule has 6 nitrogen and oxygen atoms in total. The van der Waals surface area contributed by atoms with Gasteiger partial charge in [-0.1, -0.05) is 48.6 Å². The number of sulfonamides is 1. The first kappa shape index (κ1) is 20.6. The number of benzene rings is 1. The van der Waals surface area contributed by atoms with E-state index >= 15 is 0 Å². The molecule has 1 N–H and O–H groups in total. The van der Waals surface area contributed by atoms with Crippen LogP contribution in [0.4, 0.5) is 4.79 Å². The van der Waals surface area contributed by atoms with Gasteiger partial charge in [0.2, 0.25) is 10.0 Å². The van der Waals surface area contributed by atoms with E-state index in [1.165, 1.54) is 0 Å². The van der Waals surface area contributed by atoms with Gasteiger partial charge < -0.3 is 9.64 Å². The predicted molar refractivity (Wildman–Crippen MR) is 110 cm³/mol. The molecule has 1 aromatic rings. The van der Waals surface area contributed by atoms with Crippen LogP contribution in [0.25, 0.3) is 5.57 Å². The molecule has 1 saturated heterocycles. The average molecular weight is 405 g/mol. The quantitative estimate of drug-likeness (QED) is 0.790. The van der Waals surface area contributed by atoms with Gasteiger partial charge in [-0.25, -0.2) is 17.9 Å². The second kappa shape index (κ2) is 8.92. The van der Waals surface area contributed by atoms with Crippen LogP contribution in [-0.4, -0.2) is 50.9 Å². The molecule has 1 aromatic carbocycles. The van der Waals surface area contributed by atoms with E-state index in [0.717, 1.165) is 23.8 Å². The number of carbonyl (C=O) groups is 1. The Balaban J connectivity index is 1.80. The standard InChI is InChI=1S/C21H28N2O4S/c1-3-27-21(24)23-13-7-10-19(22-28(2,25)26)20(23)15-16-11-12-18(14-16)17-8-5-4-6-9-17/h4-6,8-9,11-12,14,16,19-20,22H,3,7,10,13,15H2,1-2H3. The van der Waals surface area contributed by atoms with E-state index in [1.807, 2.05) is 18.2 Å². The molecule has 0 aromatic heterocycles. The molecule has 0 radical (unpaired) electrons. The molecule has 1 amide bonds. The van der Waals surface area contributed by atoms with E-state index in [1.54, 1.807) is 11.8 Å². The Morgan fingerprint density at radius 3 is 2.71 bits per heavy atom. The number of hydrogen-bond acceptors (Lipinski definition) is 4. The first-order valence-electron chi connectivity index (χ1n) is 9.73. The summed E-state index contributed by atoms with van der Waals surface area (Å²) >= 11 is 0. The topological polar surface area (TPSA) is 75.7 Å². The Hall–Kier alpha value is -2.12. The second-order valence-corrected chi connectivity index (χ2v) is 9.13. The molecule has 1 heterocycles. The summed E-state index contributed by atoms with van der Waals surface area (Å²) in [5.41, 5.74) is 2.30. The number of ether oxygens (including phenoxy) is 1. The SMILES string of the molecule is CCOC(=O)N1CCCC(NS(C)(=O)=O)C1CC1C=CC(c2ccccc2)=C1. The molecule has 28 heavy (non-hydrogen) atoms. The lowest BCUT2D eigenvalue weighted by molar-refractivity contribution is 0.0633. The maximum Gasteiger partial charge on any atom is 0.410 e. The third-order valence-corrected chi connectivity index (χ3v) is 5.92. The van der Waals surface area contributed by atoms with Crippen LogP contribution in [0.5, 0.6) is 0 Å². The molecular weight excluding hydrogens is 376 g/mol. The Kier molecular flexibility index (Phi) is 6.57. The van der Waals surface area contributed by atoms with Crippen molar-refractivity contribution < 1.29 is 17.9 Å². The van der Waals surface area contributed by atoms with Crippen molar-refractivity contribution in [3.05, 3.63) is 54.1 Å². The highest BCUT2D eigenvalue weighted by Gasteiger charge is 2.37. The van der Waals surface area contributed by atoms with Crippen LogP contribution in [-0.2, 0) is 14.8 Å². The number of piperidine rings is 1. The van der Waals surface area contributed by atoms with Gasteiger partial charge in [-0.3, -0.25) is 0 Å². The number of hydrogen-bond donors (Lipinski definition) is 1. The summed E-state index contributed by atoms with van der Waals surface area (Å²) in [6.07, 6.45) is 9.29. The Labute approximate surface area is 167 Å².